The Morgan fingerprint density at radius 1 is 0.844 bits per heavy atom. The Morgan fingerprint density at radius 3 is 1.97 bits per heavy atom. The fraction of sp³-hybridized carbons (Fsp3) is 0.231. The van der Waals surface area contributed by atoms with Crippen LogP contribution in [0.2, 0.25) is 0 Å². The van der Waals surface area contributed by atoms with Gasteiger partial charge in [-0.15, -0.1) is 0 Å². The van der Waals surface area contributed by atoms with E-state index in [9.17, 15) is 19.8 Å². The van der Waals surface area contributed by atoms with Crippen molar-refractivity contribution in [2.24, 2.45) is 0 Å². The maximum absolute atomic E-state index is 12.4. The van der Waals surface area contributed by atoms with Crippen molar-refractivity contribution in [1.29, 1.82) is 0 Å². The van der Waals surface area contributed by atoms with Crippen molar-refractivity contribution in [3.8, 4) is 0 Å². The third-order valence-corrected chi connectivity index (χ3v) is 5.74. The molecule has 1 fully saturated rings. The van der Waals surface area contributed by atoms with Gasteiger partial charge in [-0.3, -0.25) is 0 Å². The standard InChI is InChI=1S/C26H25NO5/c28-25(29)21-15-14-18(23(26(30)31)24(21)22-13-7-8-16-32-22)17-27(19-9-3-1-4-10-19)20-11-5-2-6-12-20/h1-6,9-12,14-15,22H,7-8,13,16-17H2,(H,28,29)(H,30,31). The summed E-state index contributed by atoms with van der Waals surface area (Å²) >= 11 is 0. The van der Waals surface area contributed by atoms with E-state index in [0.29, 0.717) is 18.6 Å². The molecule has 0 spiro atoms. The number of hydrogen-bond acceptors (Lipinski definition) is 4. The minimum Gasteiger partial charge on any atom is -0.478 e. The second-order valence-corrected chi connectivity index (χ2v) is 7.78. The molecule has 1 heterocycles. The molecule has 1 atom stereocenters. The van der Waals surface area contributed by atoms with E-state index in [0.717, 1.165) is 24.2 Å². The molecular formula is C26H25NO5. The van der Waals surface area contributed by atoms with E-state index in [1.54, 1.807) is 6.07 Å². The van der Waals surface area contributed by atoms with Gasteiger partial charge in [-0.05, 0) is 55.2 Å². The number of carboxylic acids is 2. The van der Waals surface area contributed by atoms with Crippen molar-refractivity contribution in [3.05, 3.63) is 95.1 Å². The van der Waals surface area contributed by atoms with Crippen LogP contribution in [0.5, 0.6) is 0 Å². The van der Waals surface area contributed by atoms with Crippen LogP contribution < -0.4 is 4.90 Å². The molecular weight excluding hydrogens is 406 g/mol. The molecule has 0 saturated carbocycles. The highest BCUT2D eigenvalue weighted by molar-refractivity contribution is 5.98. The summed E-state index contributed by atoms with van der Waals surface area (Å²) in [6.45, 7) is 0.766. The van der Waals surface area contributed by atoms with Crippen molar-refractivity contribution >= 4 is 23.3 Å². The summed E-state index contributed by atoms with van der Waals surface area (Å²) in [4.78, 5) is 26.4. The van der Waals surface area contributed by atoms with Gasteiger partial charge in [-0.2, -0.15) is 0 Å². The number of para-hydroxylation sites is 2. The van der Waals surface area contributed by atoms with Gasteiger partial charge in [0.1, 0.15) is 0 Å². The smallest absolute Gasteiger partial charge is 0.336 e. The summed E-state index contributed by atoms with van der Waals surface area (Å²) in [7, 11) is 0. The van der Waals surface area contributed by atoms with Gasteiger partial charge >= 0.3 is 11.9 Å². The third-order valence-electron chi connectivity index (χ3n) is 5.74. The molecule has 4 rings (SSSR count). The minimum atomic E-state index is -1.15. The first-order valence-electron chi connectivity index (χ1n) is 10.7. The highest BCUT2D eigenvalue weighted by Gasteiger charge is 2.30. The fourth-order valence-electron chi connectivity index (χ4n) is 4.26. The number of rotatable bonds is 7. The fourth-order valence-corrected chi connectivity index (χ4v) is 4.26. The van der Waals surface area contributed by atoms with E-state index >= 15 is 0 Å². The summed E-state index contributed by atoms with van der Waals surface area (Å²) in [5.41, 5.74) is 2.64. The molecule has 32 heavy (non-hydrogen) atoms. The number of nitrogens with zero attached hydrogens (tertiary/aromatic N) is 1. The topological polar surface area (TPSA) is 87.1 Å². The Balaban J connectivity index is 1.84. The zero-order valence-corrected chi connectivity index (χ0v) is 17.6. The molecule has 0 amide bonds. The predicted octanol–water partition coefficient (Wildman–Crippen LogP) is 5.66. The van der Waals surface area contributed by atoms with Crippen LogP contribution in [0.1, 0.15) is 57.2 Å². The van der Waals surface area contributed by atoms with Gasteiger partial charge in [0.25, 0.3) is 0 Å². The van der Waals surface area contributed by atoms with Crippen LogP contribution >= 0.6 is 0 Å². The van der Waals surface area contributed by atoms with Crippen LogP contribution in [0, 0.1) is 0 Å². The first kappa shape index (κ1) is 21.6. The van der Waals surface area contributed by atoms with E-state index in [2.05, 4.69) is 0 Å². The highest BCUT2D eigenvalue weighted by Crippen LogP contribution is 2.36. The van der Waals surface area contributed by atoms with Gasteiger partial charge in [0.2, 0.25) is 0 Å². The Kier molecular flexibility index (Phi) is 6.52. The lowest BCUT2D eigenvalue weighted by Crippen LogP contribution is -2.23. The summed E-state index contributed by atoms with van der Waals surface area (Å²) in [6.07, 6.45) is 1.82. The number of anilines is 2. The molecule has 3 aromatic rings. The van der Waals surface area contributed by atoms with Gasteiger partial charge in [0, 0.05) is 30.1 Å². The first-order valence-corrected chi connectivity index (χ1v) is 10.7. The molecule has 1 unspecified atom stereocenters. The number of benzene rings is 3. The summed E-state index contributed by atoms with van der Waals surface area (Å²) < 4.78 is 5.83. The quantitative estimate of drug-likeness (QED) is 0.502. The third kappa shape index (κ3) is 4.50. The molecule has 3 aromatic carbocycles. The van der Waals surface area contributed by atoms with Crippen LogP contribution in [0.4, 0.5) is 11.4 Å². The molecule has 1 aliphatic rings. The van der Waals surface area contributed by atoms with Gasteiger partial charge < -0.3 is 19.8 Å². The zero-order valence-electron chi connectivity index (χ0n) is 17.6. The Bertz CT molecular complexity index is 1050. The second kappa shape index (κ2) is 9.66. The Morgan fingerprint density at radius 2 is 1.47 bits per heavy atom. The molecule has 0 radical (unpaired) electrons. The normalized spacial score (nSPS) is 15.8. The van der Waals surface area contributed by atoms with Crippen molar-refractivity contribution in [2.75, 3.05) is 11.5 Å². The van der Waals surface area contributed by atoms with E-state index < -0.39 is 18.0 Å². The largest absolute Gasteiger partial charge is 0.478 e. The van der Waals surface area contributed by atoms with Crippen molar-refractivity contribution in [2.45, 2.75) is 31.9 Å². The molecule has 0 aliphatic carbocycles. The van der Waals surface area contributed by atoms with Crippen molar-refractivity contribution < 1.29 is 24.5 Å². The average Bonchev–Trinajstić information content (AvgIpc) is 2.83. The zero-order chi connectivity index (χ0) is 22.5. The molecule has 6 heteroatoms. The minimum absolute atomic E-state index is 0.0102. The molecule has 1 aliphatic heterocycles. The summed E-state index contributed by atoms with van der Waals surface area (Å²) in [5, 5.41) is 19.9. The molecule has 0 aromatic heterocycles. The molecule has 2 N–H and O–H groups in total. The monoisotopic (exact) mass is 431 g/mol. The van der Waals surface area contributed by atoms with Crippen LogP contribution in [0.3, 0.4) is 0 Å². The molecule has 1 saturated heterocycles. The van der Waals surface area contributed by atoms with Crippen molar-refractivity contribution in [3.63, 3.8) is 0 Å². The van der Waals surface area contributed by atoms with E-state index in [4.69, 9.17) is 4.74 Å². The predicted molar refractivity (Wildman–Crippen MR) is 122 cm³/mol. The average molecular weight is 431 g/mol. The maximum atomic E-state index is 12.4. The highest BCUT2D eigenvalue weighted by atomic mass is 16.5. The lowest BCUT2D eigenvalue weighted by Gasteiger charge is -2.29. The van der Waals surface area contributed by atoms with Gasteiger partial charge in [0.15, 0.2) is 0 Å². The van der Waals surface area contributed by atoms with E-state index in [-0.39, 0.29) is 23.2 Å². The number of carboxylic acid groups (broad SMARTS) is 2. The number of ether oxygens (including phenoxy) is 1. The van der Waals surface area contributed by atoms with Crippen molar-refractivity contribution in [1.82, 2.24) is 0 Å². The summed E-state index contributed by atoms with van der Waals surface area (Å²) in [6, 6.07) is 22.5. The SMILES string of the molecule is O=C(O)c1ccc(CN(c2ccccc2)c2ccccc2)c(C(=O)O)c1C1CCCCO1. The van der Waals surface area contributed by atoms with Gasteiger partial charge in [-0.1, -0.05) is 42.5 Å². The number of aromatic carboxylic acids is 2. The first-order chi connectivity index (χ1) is 15.6. The maximum Gasteiger partial charge on any atom is 0.336 e. The van der Waals surface area contributed by atoms with Crippen LogP contribution in [0.25, 0.3) is 0 Å². The van der Waals surface area contributed by atoms with Crippen LogP contribution in [-0.4, -0.2) is 28.8 Å². The van der Waals surface area contributed by atoms with Crippen LogP contribution in [-0.2, 0) is 11.3 Å². The lowest BCUT2D eigenvalue weighted by molar-refractivity contribution is 0.0128. The number of hydrogen-bond donors (Lipinski definition) is 2. The number of carbonyl (C=O) groups is 2. The van der Waals surface area contributed by atoms with E-state index in [1.165, 1.54) is 6.07 Å². The second-order valence-electron chi connectivity index (χ2n) is 7.78. The Labute approximate surface area is 186 Å². The van der Waals surface area contributed by atoms with Gasteiger partial charge in [0.05, 0.1) is 17.2 Å². The molecule has 164 valence electrons. The molecule has 0 bridgehead atoms. The Hall–Kier alpha value is -3.64. The summed E-state index contributed by atoms with van der Waals surface area (Å²) in [5.74, 6) is -2.29. The van der Waals surface area contributed by atoms with E-state index in [1.807, 2.05) is 65.6 Å². The van der Waals surface area contributed by atoms with Gasteiger partial charge in [-0.25, -0.2) is 9.59 Å². The molecule has 6 nitrogen and oxygen atoms in total. The van der Waals surface area contributed by atoms with Crippen LogP contribution in [0.15, 0.2) is 72.8 Å². The lowest BCUT2D eigenvalue weighted by atomic mass is 9.88.